The van der Waals surface area contributed by atoms with Gasteiger partial charge in [-0.05, 0) is 78.6 Å². The molecule has 0 aromatic heterocycles. The topological polar surface area (TPSA) is 143 Å². The number of fused-ring (bicyclic) bond motifs is 1. The number of nitrogens with zero attached hydrogens (tertiary/aromatic N) is 1. The van der Waals surface area contributed by atoms with Crippen LogP contribution in [0.2, 0.25) is 0 Å². The number of hydrogen-bond acceptors (Lipinski definition) is 9. The quantitative estimate of drug-likeness (QED) is 0.365. The maximum Gasteiger partial charge on any atom is 0.327 e. The average Bonchev–Trinajstić information content (AvgIpc) is 3.44. The van der Waals surface area contributed by atoms with Crippen LogP contribution < -0.4 is 0 Å². The molecule has 1 saturated heterocycles. The molecule has 7 fully saturated rings. The first-order chi connectivity index (χ1) is 18.4. The molecule has 1 aliphatic heterocycles. The molecule has 1 heterocycles. The lowest BCUT2D eigenvalue weighted by molar-refractivity contribution is -0.264. The van der Waals surface area contributed by atoms with Crippen LogP contribution in [0.3, 0.4) is 0 Å². The molecule has 0 aromatic carbocycles. The van der Waals surface area contributed by atoms with Crippen molar-refractivity contribution in [2.45, 2.75) is 135 Å². The van der Waals surface area contributed by atoms with Gasteiger partial charge in [-0.1, -0.05) is 13.8 Å². The van der Waals surface area contributed by atoms with Crippen LogP contribution in [0.5, 0.6) is 0 Å². The van der Waals surface area contributed by atoms with Crippen molar-refractivity contribution in [3.8, 4) is 6.07 Å². The highest BCUT2D eigenvalue weighted by Crippen LogP contribution is 2.63. The van der Waals surface area contributed by atoms with Gasteiger partial charge in [0.25, 0.3) is 0 Å². The van der Waals surface area contributed by atoms with Crippen molar-refractivity contribution in [2.24, 2.45) is 34.0 Å². The molecule has 0 radical (unpaired) electrons. The monoisotopic (exact) mass is 559 g/mol. The van der Waals surface area contributed by atoms with Crippen molar-refractivity contribution in [2.75, 3.05) is 0 Å². The Morgan fingerprint density at radius 3 is 2.08 bits per heavy atom. The molecule has 7 aliphatic rings. The first-order valence-electron chi connectivity index (χ1n) is 15.0. The van der Waals surface area contributed by atoms with E-state index < -0.39 is 45.1 Å². The summed E-state index contributed by atoms with van der Waals surface area (Å²) in [5.41, 5.74) is -4.34. The Hall–Kier alpha value is -2.18. The third-order valence-electron chi connectivity index (χ3n) is 11.1. The third kappa shape index (κ3) is 4.54. The average molecular weight is 560 g/mol. The fourth-order valence-corrected chi connectivity index (χ4v) is 8.56. The molecule has 0 aromatic rings. The lowest BCUT2D eigenvalue weighted by Gasteiger charge is -2.62. The summed E-state index contributed by atoms with van der Waals surface area (Å²) >= 11 is 0. The van der Waals surface area contributed by atoms with Crippen molar-refractivity contribution in [3.63, 3.8) is 0 Å². The second-order valence-corrected chi connectivity index (χ2v) is 15.1. The highest BCUT2D eigenvalue weighted by atomic mass is 16.6. The van der Waals surface area contributed by atoms with Crippen molar-refractivity contribution in [1.29, 1.82) is 5.26 Å². The largest absolute Gasteiger partial charge is 0.458 e. The molecule has 0 spiro atoms. The van der Waals surface area contributed by atoms with E-state index in [1.54, 1.807) is 0 Å². The Bertz CT molecular complexity index is 1120. The standard InChI is InChI=1S/C16H26O4.C15H19NO4/c1-4-13(2,3)12(17)20-16-7-11-5-14(18,9-16)8-15(19,6-11)10-16;1-4-14(2,3)12(17)19-10-8-5-9-11(10)20-13(18)15(9,6-8)7-16/h11,18-19H,4-10H2,1-3H3;8-11H,4-6H2,1-3H3. The highest BCUT2D eigenvalue weighted by Gasteiger charge is 2.72. The molecule has 40 heavy (non-hydrogen) atoms. The predicted molar refractivity (Wildman–Crippen MR) is 142 cm³/mol. The molecule has 222 valence electrons. The number of aliphatic hydroxyl groups is 2. The van der Waals surface area contributed by atoms with Crippen molar-refractivity contribution < 1.29 is 38.8 Å². The second-order valence-electron chi connectivity index (χ2n) is 15.1. The zero-order chi connectivity index (χ0) is 29.5. The molecule has 7 atom stereocenters. The zero-order valence-corrected chi connectivity index (χ0v) is 24.7. The van der Waals surface area contributed by atoms with Crippen LogP contribution >= 0.6 is 0 Å². The first kappa shape index (κ1) is 29.3. The van der Waals surface area contributed by atoms with E-state index in [-0.39, 0.29) is 35.8 Å². The Labute approximate surface area is 236 Å². The first-order valence-corrected chi connectivity index (χ1v) is 15.0. The lowest BCUT2D eigenvalue weighted by atomic mass is 9.50. The van der Waals surface area contributed by atoms with E-state index in [0.717, 1.165) is 32.1 Å². The van der Waals surface area contributed by atoms with Crippen molar-refractivity contribution in [3.05, 3.63) is 0 Å². The van der Waals surface area contributed by atoms with Gasteiger partial charge in [0.2, 0.25) is 0 Å². The number of esters is 3. The lowest BCUT2D eigenvalue weighted by Crippen LogP contribution is -2.67. The molecule has 2 N–H and O–H groups in total. The van der Waals surface area contributed by atoms with Gasteiger partial charge >= 0.3 is 17.9 Å². The van der Waals surface area contributed by atoms with Gasteiger partial charge < -0.3 is 24.4 Å². The van der Waals surface area contributed by atoms with Gasteiger partial charge in [-0.25, -0.2) is 0 Å². The van der Waals surface area contributed by atoms with E-state index in [0.29, 0.717) is 32.1 Å². The van der Waals surface area contributed by atoms with Crippen LogP contribution in [0.15, 0.2) is 0 Å². The summed E-state index contributed by atoms with van der Waals surface area (Å²) < 4.78 is 16.9. The number of carbonyl (C=O) groups excluding carboxylic acids is 3. The minimum Gasteiger partial charge on any atom is -0.458 e. The summed E-state index contributed by atoms with van der Waals surface area (Å²) in [4.78, 5) is 36.6. The SMILES string of the molecule is CCC(C)(C)C(=O)OC12CC3CC(O)(CC(O)(C3)C1)C2.CCC(C)(C)C(=O)OC1C2CC3C1OC(=O)C3(C#N)C2. The van der Waals surface area contributed by atoms with Crippen LogP contribution in [-0.4, -0.2) is 57.1 Å². The minimum absolute atomic E-state index is 0.0766. The fraction of sp³-hybridized carbons (Fsp3) is 0.871. The molecule has 0 amide bonds. The Morgan fingerprint density at radius 1 is 0.975 bits per heavy atom. The zero-order valence-electron chi connectivity index (χ0n) is 24.7. The van der Waals surface area contributed by atoms with Gasteiger partial charge in [-0.15, -0.1) is 0 Å². The molecule has 9 nitrogen and oxygen atoms in total. The highest BCUT2D eigenvalue weighted by molar-refractivity contribution is 5.84. The van der Waals surface area contributed by atoms with Crippen molar-refractivity contribution in [1.82, 2.24) is 0 Å². The fourth-order valence-electron chi connectivity index (χ4n) is 8.56. The van der Waals surface area contributed by atoms with Gasteiger partial charge in [-0.3, -0.25) is 14.4 Å². The van der Waals surface area contributed by atoms with Gasteiger partial charge in [0, 0.05) is 31.1 Å². The third-order valence-corrected chi connectivity index (χ3v) is 11.1. The van der Waals surface area contributed by atoms with Crippen LogP contribution in [0.25, 0.3) is 0 Å². The van der Waals surface area contributed by atoms with Crippen LogP contribution in [-0.2, 0) is 28.6 Å². The number of rotatable bonds is 6. The van der Waals surface area contributed by atoms with E-state index in [9.17, 15) is 29.9 Å². The molecular weight excluding hydrogens is 514 g/mol. The molecule has 7 unspecified atom stereocenters. The smallest absolute Gasteiger partial charge is 0.327 e. The second kappa shape index (κ2) is 9.16. The summed E-state index contributed by atoms with van der Waals surface area (Å²) in [5, 5.41) is 30.6. The minimum atomic E-state index is -0.974. The number of ether oxygens (including phenoxy) is 3. The number of carbonyl (C=O) groups is 3. The van der Waals surface area contributed by atoms with Crippen LogP contribution in [0.1, 0.15) is 106 Å². The van der Waals surface area contributed by atoms with Crippen LogP contribution in [0, 0.1) is 45.3 Å². The predicted octanol–water partition coefficient (Wildman–Crippen LogP) is 3.97. The van der Waals surface area contributed by atoms with E-state index in [2.05, 4.69) is 6.07 Å². The summed E-state index contributed by atoms with van der Waals surface area (Å²) in [6.45, 7) is 11.4. The van der Waals surface area contributed by atoms with E-state index in [4.69, 9.17) is 14.2 Å². The van der Waals surface area contributed by atoms with E-state index in [1.807, 2.05) is 41.5 Å². The molecule has 6 aliphatic carbocycles. The number of hydrogen-bond donors (Lipinski definition) is 2. The summed E-state index contributed by atoms with van der Waals surface area (Å²) in [6.07, 6.45) is 5.54. The van der Waals surface area contributed by atoms with Gasteiger partial charge in [0.05, 0.1) is 28.1 Å². The van der Waals surface area contributed by atoms with E-state index >= 15 is 0 Å². The van der Waals surface area contributed by atoms with Crippen LogP contribution in [0.4, 0.5) is 0 Å². The molecule has 6 saturated carbocycles. The Balaban J connectivity index is 0.000000161. The molecule has 9 heteroatoms. The van der Waals surface area contributed by atoms with Crippen molar-refractivity contribution >= 4 is 17.9 Å². The Kier molecular flexibility index (Phi) is 6.71. The molecular formula is C31H45NO8. The molecule has 6 bridgehead atoms. The maximum atomic E-state index is 12.4. The Morgan fingerprint density at radius 2 is 1.55 bits per heavy atom. The number of nitriles is 1. The summed E-state index contributed by atoms with van der Waals surface area (Å²) in [5.74, 6) is -0.623. The molecule has 7 rings (SSSR count). The summed E-state index contributed by atoms with van der Waals surface area (Å²) in [7, 11) is 0. The normalized spacial score (nSPS) is 44.0. The van der Waals surface area contributed by atoms with E-state index in [1.165, 1.54) is 0 Å². The maximum absolute atomic E-state index is 12.4. The van der Waals surface area contributed by atoms with Gasteiger partial charge in [0.1, 0.15) is 17.8 Å². The van der Waals surface area contributed by atoms with Gasteiger partial charge in [0.15, 0.2) is 5.41 Å². The van der Waals surface area contributed by atoms with Gasteiger partial charge in [-0.2, -0.15) is 5.26 Å². The summed E-state index contributed by atoms with van der Waals surface area (Å²) in [6, 6.07) is 2.15.